The molecule has 0 aliphatic heterocycles. The van der Waals surface area contributed by atoms with Gasteiger partial charge < -0.3 is 15.6 Å². The van der Waals surface area contributed by atoms with E-state index in [4.69, 9.17) is 10.5 Å². The number of pyridine rings is 1. The second-order valence-corrected chi connectivity index (χ2v) is 5.91. The maximum absolute atomic E-state index is 9.57. The van der Waals surface area contributed by atoms with Gasteiger partial charge in [0.1, 0.15) is 17.4 Å². The van der Waals surface area contributed by atoms with Crippen LogP contribution in [0.1, 0.15) is 26.0 Å². The standard InChI is InChI=1S/C17H24N2O2/c1-11(2)9-14(18)16(10-20)21-15-6-4-5-13-8-7-12(3)19-17(13)15/h4-8,11,14,16,20H,9-10,18H2,1-3H3. The molecule has 2 aromatic rings. The number of aromatic nitrogens is 1. The molecule has 1 aromatic carbocycles. The number of rotatable bonds is 6. The molecule has 0 spiro atoms. The molecule has 0 aliphatic carbocycles. The molecule has 1 heterocycles. The smallest absolute Gasteiger partial charge is 0.146 e. The number of hydrogen-bond donors (Lipinski definition) is 2. The van der Waals surface area contributed by atoms with Gasteiger partial charge in [0.15, 0.2) is 0 Å². The molecule has 2 unspecified atom stereocenters. The average molecular weight is 288 g/mol. The first-order valence-corrected chi connectivity index (χ1v) is 7.40. The van der Waals surface area contributed by atoms with Crippen molar-refractivity contribution < 1.29 is 9.84 Å². The number of nitrogens with two attached hydrogens (primary N) is 1. The number of para-hydroxylation sites is 1. The van der Waals surface area contributed by atoms with E-state index < -0.39 is 6.10 Å². The minimum atomic E-state index is -0.416. The third-order valence-electron chi connectivity index (χ3n) is 3.50. The summed E-state index contributed by atoms with van der Waals surface area (Å²) in [6.07, 6.45) is 0.392. The highest BCUT2D eigenvalue weighted by Crippen LogP contribution is 2.25. The van der Waals surface area contributed by atoms with Gasteiger partial charge >= 0.3 is 0 Å². The molecule has 0 amide bonds. The van der Waals surface area contributed by atoms with Crippen LogP contribution >= 0.6 is 0 Å². The van der Waals surface area contributed by atoms with Crippen LogP contribution in [-0.4, -0.2) is 28.8 Å². The van der Waals surface area contributed by atoms with Crippen LogP contribution in [0.4, 0.5) is 0 Å². The number of ether oxygens (including phenoxy) is 1. The normalized spacial score (nSPS) is 14.4. The third-order valence-corrected chi connectivity index (χ3v) is 3.50. The Labute approximate surface area is 125 Å². The van der Waals surface area contributed by atoms with Gasteiger partial charge in [0.05, 0.1) is 6.61 Å². The zero-order valence-electron chi connectivity index (χ0n) is 12.9. The lowest BCUT2D eigenvalue weighted by molar-refractivity contribution is 0.0893. The highest BCUT2D eigenvalue weighted by Gasteiger charge is 2.21. The van der Waals surface area contributed by atoms with Crippen LogP contribution < -0.4 is 10.5 Å². The van der Waals surface area contributed by atoms with Crippen molar-refractivity contribution in [2.24, 2.45) is 11.7 Å². The van der Waals surface area contributed by atoms with Crippen molar-refractivity contribution in [2.75, 3.05) is 6.61 Å². The van der Waals surface area contributed by atoms with Crippen LogP contribution in [0, 0.1) is 12.8 Å². The molecule has 0 bridgehead atoms. The van der Waals surface area contributed by atoms with E-state index in [-0.39, 0.29) is 12.6 Å². The Morgan fingerprint density at radius 2 is 2.00 bits per heavy atom. The highest BCUT2D eigenvalue weighted by molar-refractivity contribution is 5.84. The largest absolute Gasteiger partial charge is 0.484 e. The lowest BCUT2D eigenvalue weighted by Crippen LogP contribution is -2.42. The first-order valence-electron chi connectivity index (χ1n) is 7.40. The second kappa shape index (κ2) is 6.87. The van der Waals surface area contributed by atoms with E-state index in [0.29, 0.717) is 11.7 Å². The SMILES string of the molecule is Cc1ccc2cccc(OC(CO)C(N)CC(C)C)c2n1. The van der Waals surface area contributed by atoms with Crippen LogP contribution in [0.5, 0.6) is 5.75 Å². The highest BCUT2D eigenvalue weighted by atomic mass is 16.5. The third kappa shape index (κ3) is 3.93. The van der Waals surface area contributed by atoms with Crippen LogP contribution in [0.15, 0.2) is 30.3 Å². The molecular weight excluding hydrogens is 264 g/mol. The van der Waals surface area contributed by atoms with Gasteiger partial charge in [-0.3, -0.25) is 0 Å². The zero-order valence-corrected chi connectivity index (χ0v) is 12.9. The molecule has 0 aliphatic rings. The summed E-state index contributed by atoms with van der Waals surface area (Å²) in [4.78, 5) is 4.54. The van der Waals surface area contributed by atoms with Crippen molar-refractivity contribution in [2.45, 2.75) is 39.3 Å². The number of aliphatic hydroxyl groups is 1. The van der Waals surface area contributed by atoms with Crippen LogP contribution in [0.2, 0.25) is 0 Å². The molecule has 2 atom stereocenters. The first kappa shape index (κ1) is 15.7. The Morgan fingerprint density at radius 3 is 2.67 bits per heavy atom. The number of nitrogens with zero attached hydrogens (tertiary/aromatic N) is 1. The summed E-state index contributed by atoms with van der Waals surface area (Å²) in [5.41, 5.74) is 7.89. The van der Waals surface area contributed by atoms with E-state index in [1.54, 1.807) is 0 Å². The Morgan fingerprint density at radius 1 is 1.24 bits per heavy atom. The van der Waals surface area contributed by atoms with Gasteiger partial charge in [-0.15, -0.1) is 0 Å². The van der Waals surface area contributed by atoms with E-state index in [1.807, 2.05) is 37.3 Å². The van der Waals surface area contributed by atoms with E-state index in [9.17, 15) is 5.11 Å². The fraction of sp³-hybridized carbons (Fsp3) is 0.471. The quantitative estimate of drug-likeness (QED) is 0.857. The van der Waals surface area contributed by atoms with Crippen LogP contribution in [-0.2, 0) is 0 Å². The first-order chi connectivity index (χ1) is 10.0. The number of aliphatic hydroxyl groups excluding tert-OH is 1. The summed E-state index contributed by atoms with van der Waals surface area (Å²) in [5, 5.41) is 10.6. The summed E-state index contributed by atoms with van der Waals surface area (Å²) in [5.74, 6) is 1.14. The molecule has 21 heavy (non-hydrogen) atoms. The van der Waals surface area contributed by atoms with Crippen molar-refractivity contribution in [1.29, 1.82) is 0 Å². The predicted octanol–water partition coefficient (Wildman–Crippen LogP) is 2.66. The molecular formula is C17H24N2O2. The summed E-state index contributed by atoms with van der Waals surface area (Å²) in [6, 6.07) is 9.59. The lowest BCUT2D eigenvalue weighted by Gasteiger charge is -2.25. The van der Waals surface area contributed by atoms with Gasteiger partial charge in [-0.1, -0.05) is 32.0 Å². The molecule has 0 fully saturated rings. The summed E-state index contributed by atoms with van der Waals surface area (Å²) < 4.78 is 5.96. The number of benzene rings is 1. The molecule has 2 rings (SSSR count). The Bertz CT molecular complexity index is 598. The number of hydrogen-bond acceptors (Lipinski definition) is 4. The van der Waals surface area contributed by atoms with Gasteiger partial charge in [-0.05, 0) is 31.4 Å². The number of fused-ring (bicyclic) bond motifs is 1. The van der Waals surface area contributed by atoms with E-state index >= 15 is 0 Å². The monoisotopic (exact) mass is 288 g/mol. The predicted molar refractivity (Wildman–Crippen MR) is 85.4 cm³/mol. The van der Waals surface area contributed by atoms with Crippen molar-refractivity contribution in [3.8, 4) is 5.75 Å². The minimum Gasteiger partial charge on any atom is -0.484 e. The molecule has 1 aromatic heterocycles. The van der Waals surface area contributed by atoms with Crippen molar-refractivity contribution >= 4 is 10.9 Å². The summed E-state index contributed by atoms with van der Waals surface area (Å²) in [6.45, 7) is 6.06. The molecule has 114 valence electrons. The zero-order chi connectivity index (χ0) is 15.4. The van der Waals surface area contributed by atoms with Gasteiger partial charge in [-0.2, -0.15) is 0 Å². The van der Waals surface area contributed by atoms with E-state index in [0.717, 1.165) is 23.0 Å². The van der Waals surface area contributed by atoms with Gasteiger partial charge in [0.2, 0.25) is 0 Å². The fourth-order valence-electron chi connectivity index (χ4n) is 2.43. The van der Waals surface area contributed by atoms with Crippen molar-refractivity contribution in [3.63, 3.8) is 0 Å². The topological polar surface area (TPSA) is 68.4 Å². The average Bonchev–Trinajstić information content (AvgIpc) is 2.44. The van der Waals surface area contributed by atoms with Crippen LogP contribution in [0.3, 0.4) is 0 Å². The Kier molecular flexibility index (Phi) is 5.15. The van der Waals surface area contributed by atoms with E-state index in [2.05, 4.69) is 18.8 Å². The summed E-state index contributed by atoms with van der Waals surface area (Å²) >= 11 is 0. The summed E-state index contributed by atoms with van der Waals surface area (Å²) in [7, 11) is 0. The van der Waals surface area contributed by atoms with Crippen molar-refractivity contribution in [1.82, 2.24) is 4.98 Å². The van der Waals surface area contributed by atoms with Gasteiger partial charge in [-0.25, -0.2) is 4.98 Å². The minimum absolute atomic E-state index is 0.101. The van der Waals surface area contributed by atoms with Crippen molar-refractivity contribution in [3.05, 3.63) is 36.0 Å². The Balaban J connectivity index is 2.27. The molecule has 3 N–H and O–H groups in total. The Hall–Kier alpha value is -1.65. The second-order valence-electron chi connectivity index (χ2n) is 5.91. The maximum atomic E-state index is 9.57. The number of aryl methyl sites for hydroxylation is 1. The molecule has 0 saturated heterocycles. The lowest BCUT2D eigenvalue weighted by atomic mass is 10.0. The van der Waals surface area contributed by atoms with Gasteiger partial charge in [0, 0.05) is 17.1 Å². The van der Waals surface area contributed by atoms with Crippen LogP contribution in [0.25, 0.3) is 10.9 Å². The van der Waals surface area contributed by atoms with Gasteiger partial charge in [0.25, 0.3) is 0 Å². The fourth-order valence-corrected chi connectivity index (χ4v) is 2.43. The molecule has 4 heteroatoms. The molecule has 4 nitrogen and oxygen atoms in total. The molecule has 0 radical (unpaired) electrons. The van der Waals surface area contributed by atoms with E-state index in [1.165, 1.54) is 0 Å². The maximum Gasteiger partial charge on any atom is 0.146 e. The molecule has 0 saturated carbocycles.